The molecule has 0 fully saturated rings. The summed E-state index contributed by atoms with van der Waals surface area (Å²) in [4.78, 5) is 11.7. The van der Waals surface area contributed by atoms with E-state index in [4.69, 9.17) is 4.74 Å². The van der Waals surface area contributed by atoms with Crippen LogP contribution in [0.1, 0.15) is 5.56 Å². The van der Waals surface area contributed by atoms with E-state index in [2.05, 4.69) is 15.4 Å². The number of hydrogen-bond acceptors (Lipinski definition) is 6. The van der Waals surface area contributed by atoms with Crippen LogP contribution in [0, 0.1) is 17.0 Å². The molecule has 8 nitrogen and oxygen atoms in total. The lowest BCUT2D eigenvalue weighted by molar-refractivity contribution is -0.384. The monoisotopic (exact) mass is 325 g/mol. The van der Waals surface area contributed by atoms with Crippen LogP contribution in [0.25, 0.3) is 11.4 Å². The summed E-state index contributed by atoms with van der Waals surface area (Å²) < 4.78 is 5.50. The van der Waals surface area contributed by atoms with Crippen LogP contribution in [-0.2, 0) is 6.54 Å². The van der Waals surface area contributed by atoms with E-state index in [0.29, 0.717) is 18.1 Å². The second-order valence-corrected chi connectivity index (χ2v) is 5.18. The lowest BCUT2D eigenvalue weighted by Crippen LogP contribution is -2.11. The van der Waals surface area contributed by atoms with Crippen LogP contribution >= 0.6 is 0 Å². The summed E-state index contributed by atoms with van der Waals surface area (Å²) in [5.74, 6) is 0.980. The van der Waals surface area contributed by atoms with Crippen LogP contribution in [0.15, 0.2) is 48.5 Å². The first-order chi connectivity index (χ1) is 11.6. The smallest absolute Gasteiger partial charge is 0.273 e. The van der Waals surface area contributed by atoms with Gasteiger partial charge in [-0.1, -0.05) is 35.9 Å². The second kappa shape index (κ2) is 6.86. The largest absolute Gasteiger partial charge is 0.491 e. The normalized spacial score (nSPS) is 10.5. The Morgan fingerprint density at radius 3 is 2.75 bits per heavy atom. The highest BCUT2D eigenvalue weighted by molar-refractivity contribution is 5.53. The predicted octanol–water partition coefficient (Wildman–Crippen LogP) is 2.64. The van der Waals surface area contributed by atoms with Gasteiger partial charge in [-0.3, -0.25) is 10.1 Å². The molecule has 0 aliphatic rings. The third-order valence-electron chi connectivity index (χ3n) is 3.35. The van der Waals surface area contributed by atoms with Gasteiger partial charge < -0.3 is 4.74 Å². The van der Waals surface area contributed by atoms with Crippen molar-refractivity contribution in [3.05, 3.63) is 64.2 Å². The van der Waals surface area contributed by atoms with Gasteiger partial charge >= 0.3 is 0 Å². The molecule has 3 aromatic rings. The fraction of sp³-hybridized carbons (Fsp3) is 0.188. The Hall–Kier alpha value is -3.29. The first-order valence-corrected chi connectivity index (χ1v) is 7.34. The highest BCUT2D eigenvalue weighted by Crippen LogP contribution is 2.19. The molecular weight excluding hydrogens is 310 g/mol. The van der Waals surface area contributed by atoms with Gasteiger partial charge in [-0.05, 0) is 18.2 Å². The standard InChI is InChI=1S/C16H15N5O3/c1-12-5-7-13(8-6-12)16-17-19-20(18-16)9-10-24-15-4-2-3-14(11-15)21(22)23/h2-8,11H,9-10H2,1H3. The number of tetrazole rings is 1. The number of aryl methyl sites for hydroxylation is 1. The lowest BCUT2D eigenvalue weighted by Gasteiger charge is -2.04. The maximum Gasteiger partial charge on any atom is 0.273 e. The van der Waals surface area contributed by atoms with Gasteiger partial charge in [0.2, 0.25) is 5.82 Å². The SMILES string of the molecule is Cc1ccc(-c2nnn(CCOc3cccc([N+](=O)[O-])c3)n2)cc1. The van der Waals surface area contributed by atoms with E-state index in [9.17, 15) is 10.1 Å². The summed E-state index contributed by atoms with van der Waals surface area (Å²) in [7, 11) is 0. The summed E-state index contributed by atoms with van der Waals surface area (Å²) in [6.45, 7) is 2.69. The Balaban J connectivity index is 1.59. The molecule has 1 aromatic heterocycles. The molecule has 0 saturated heterocycles. The minimum atomic E-state index is -0.459. The third-order valence-corrected chi connectivity index (χ3v) is 3.35. The minimum Gasteiger partial charge on any atom is -0.491 e. The van der Waals surface area contributed by atoms with Gasteiger partial charge in [0.25, 0.3) is 5.69 Å². The van der Waals surface area contributed by atoms with Crippen LogP contribution in [0.3, 0.4) is 0 Å². The van der Waals surface area contributed by atoms with Crippen molar-refractivity contribution in [3.63, 3.8) is 0 Å². The molecule has 0 N–H and O–H groups in total. The first kappa shape index (κ1) is 15.6. The van der Waals surface area contributed by atoms with Gasteiger partial charge in [0.1, 0.15) is 12.4 Å². The molecule has 3 rings (SSSR count). The van der Waals surface area contributed by atoms with E-state index in [0.717, 1.165) is 11.1 Å². The summed E-state index contributed by atoms with van der Waals surface area (Å²) in [6.07, 6.45) is 0. The van der Waals surface area contributed by atoms with Gasteiger partial charge in [0, 0.05) is 11.6 Å². The topological polar surface area (TPSA) is 96.0 Å². The van der Waals surface area contributed by atoms with E-state index < -0.39 is 4.92 Å². The molecule has 2 aromatic carbocycles. The van der Waals surface area contributed by atoms with Gasteiger partial charge in [0.05, 0.1) is 17.5 Å². The van der Waals surface area contributed by atoms with Crippen LogP contribution in [-0.4, -0.2) is 31.7 Å². The third kappa shape index (κ3) is 3.72. The minimum absolute atomic E-state index is 0.00645. The van der Waals surface area contributed by atoms with Gasteiger partial charge in [0.15, 0.2) is 0 Å². The maximum atomic E-state index is 10.7. The number of benzene rings is 2. The zero-order chi connectivity index (χ0) is 16.9. The van der Waals surface area contributed by atoms with Crippen molar-refractivity contribution in [2.75, 3.05) is 6.61 Å². The summed E-state index contributed by atoms with van der Waals surface area (Å²) in [5.41, 5.74) is 2.05. The number of nitro groups is 1. The predicted molar refractivity (Wildman–Crippen MR) is 86.6 cm³/mol. The van der Waals surface area contributed by atoms with Crippen molar-refractivity contribution in [1.29, 1.82) is 0 Å². The van der Waals surface area contributed by atoms with Crippen LogP contribution in [0.2, 0.25) is 0 Å². The molecule has 8 heteroatoms. The van der Waals surface area contributed by atoms with E-state index in [1.165, 1.54) is 16.9 Å². The van der Waals surface area contributed by atoms with E-state index >= 15 is 0 Å². The molecule has 122 valence electrons. The molecule has 0 radical (unpaired) electrons. The quantitative estimate of drug-likeness (QED) is 0.510. The van der Waals surface area contributed by atoms with Gasteiger partial charge in [-0.15, -0.1) is 10.2 Å². The molecule has 0 amide bonds. The average Bonchev–Trinajstić information content (AvgIpc) is 3.05. The molecule has 0 saturated carbocycles. The molecule has 24 heavy (non-hydrogen) atoms. The Bertz CT molecular complexity index is 845. The number of nitro benzene ring substituents is 1. The van der Waals surface area contributed by atoms with Crippen LogP contribution < -0.4 is 4.74 Å². The molecule has 0 aliphatic heterocycles. The van der Waals surface area contributed by atoms with Gasteiger partial charge in [-0.2, -0.15) is 4.80 Å². The molecule has 0 aliphatic carbocycles. The Kier molecular flexibility index (Phi) is 4.46. The number of rotatable bonds is 6. The van der Waals surface area contributed by atoms with Crippen molar-refractivity contribution in [3.8, 4) is 17.1 Å². The Labute approximate surface area is 137 Å². The average molecular weight is 325 g/mol. The fourth-order valence-corrected chi connectivity index (χ4v) is 2.09. The number of nitrogens with zero attached hydrogens (tertiary/aromatic N) is 5. The Morgan fingerprint density at radius 2 is 2.00 bits per heavy atom. The highest BCUT2D eigenvalue weighted by atomic mass is 16.6. The van der Waals surface area contributed by atoms with Gasteiger partial charge in [-0.25, -0.2) is 0 Å². The van der Waals surface area contributed by atoms with E-state index in [1.807, 2.05) is 31.2 Å². The fourth-order valence-electron chi connectivity index (χ4n) is 2.09. The van der Waals surface area contributed by atoms with Crippen LogP contribution in [0.5, 0.6) is 5.75 Å². The summed E-state index contributed by atoms with van der Waals surface area (Å²) in [5, 5.41) is 23.0. The molecule has 0 spiro atoms. The molecule has 0 unspecified atom stereocenters. The molecule has 0 bridgehead atoms. The van der Waals surface area contributed by atoms with E-state index in [-0.39, 0.29) is 12.3 Å². The number of ether oxygens (including phenoxy) is 1. The Morgan fingerprint density at radius 1 is 1.21 bits per heavy atom. The zero-order valence-electron chi connectivity index (χ0n) is 13.0. The van der Waals surface area contributed by atoms with E-state index in [1.54, 1.807) is 12.1 Å². The number of non-ortho nitro benzene ring substituents is 1. The number of aromatic nitrogens is 4. The summed E-state index contributed by atoms with van der Waals surface area (Å²) in [6, 6.07) is 13.9. The number of hydrogen-bond donors (Lipinski definition) is 0. The highest BCUT2D eigenvalue weighted by Gasteiger charge is 2.08. The molecule has 0 atom stereocenters. The van der Waals surface area contributed by atoms with Crippen molar-refractivity contribution in [2.45, 2.75) is 13.5 Å². The molecule has 1 heterocycles. The summed E-state index contributed by atoms with van der Waals surface area (Å²) >= 11 is 0. The second-order valence-electron chi connectivity index (χ2n) is 5.18. The van der Waals surface area contributed by atoms with Crippen molar-refractivity contribution in [2.24, 2.45) is 0 Å². The van der Waals surface area contributed by atoms with Crippen molar-refractivity contribution in [1.82, 2.24) is 20.2 Å². The van der Waals surface area contributed by atoms with Crippen molar-refractivity contribution >= 4 is 5.69 Å². The lowest BCUT2D eigenvalue weighted by atomic mass is 10.1. The van der Waals surface area contributed by atoms with Crippen molar-refractivity contribution < 1.29 is 9.66 Å². The zero-order valence-corrected chi connectivity index (χ0v) is 13.0. The van der Waals surface area contributed by atoms with Crippen LogP contribution in [0.4, 0.5) is 5.69 Å². The maximum absolute atomic E-state index is 10.7. The molecular formula is C16H15N5O3. The first-order valence-electron chi connectivity index (χ1n) is 7.34.